The van der Waals surface area contributed by atoms with Gasteiger partial charge in [0.05, 0.1) is 4.90 Å². The lowest BCUT2D eigenvalue weighted by atomic mass is 10.1. The van der Waals surface area contributed by atoms with Crippen LogP contribution in [0.15, 0.2) is 23.1 Å². The maximum absolute atomic E-state index is 12.2. The highest BCUT2D eigenvalue weighted by molar-refractivity contribution is 8.00. The summed E-state index contributed by atoms with van der Waals surface area (Å²) in [5.41, 5.74) is -4.53. The zero-order valence-corrected chi connectivity index (χ0v) is 10.2. The second-order valence-corrected chi connectivity index (χ2v) is 4.76. The van der Waals surface area contributed by atoms with Gasteiger partial charge in [-0.2, -0.15) is 13.2 Å². The number of halogens is 4. The molecule has 0 amide bonds. The van der Waals surface area contributed by atoms with Crippen molar-refractivity contribution >= 4 is 29.1 Å². The number of thioether (sulfide) groups is 1. The van der Waals surface area contributed by atoms with E-state index in [0.29, 0.717) is 0 Å². The predicted octanol–water partition coefficient (Wildman–Crippen LogP) is 3.87. The molecule has 1 rings (SSSR count). The van der Waals surface area contributed by atoms with E-state index in [1.165, 1.54) is 19.1 Å². The van der Waals surface area contributed by atoms with Crippen LogP contribution in [0.3, 0.4) is 0 Å². The summed E-state index contributed by atoms with van der Waals surface area (Å²) in [5, 5.41) is 8.46. The Morgan fingerprint density at radius 3 is 2.53 bits per heavy atom. The van der Waals surface area contributed by atoms with Crippen LogP contribution in [0.5, 0.6) is 5.75 Å². The molecule has 0 bridgehead atoms. The van der Waals surface area contributed by atoms with Crippen LogP contribution < -0.4 is 0 Å². The minimum absolute atomic E-state index is 0.0200. The molecule has 0 radical (unpaired) electrons. The Morgan fingerprint density at radius 1 is 1.47 bits per heavy atom. The first kappa shape index (κ1) is 14.2. The molecule has 0 saturated heterocycles. The average Bonchev–Trinajstić information content (AvgIpc) is 2.18. The molecule has 0 aliphatic heterocycles. The summed E-state index contributed by atoms with van der Waals surface area (Å²) in [7, 11) is 0. The number of para-hydroxylation sites is 1. The first-order chi connectivity index (χ1) is 7.72. The number of ketones is 1. The standard InChI is InChI=1S/C10H8ClF3O2S/c1-5(15)8(11)6-3-2-4-7(9(6)16)17-10(12,13)14/h2-4,8,16H,1H3. The summed E-state index contributed by atoms with van der Waals surface area (Å²) >= 11 is 5.24. The number of rotatable bonds is 3. The van der Waals surface area contributed by atoms with E-state index < -0.39 is 34.2 Å². The molecule has 17 heavy (non-hydrogen) atoms. The fourth-order valence-corrected chi connectivity index (χ4v) is 1.96. The van der Waals surface area contributed by atoms with Crippen LogP contribution in [0.4, 0.5) is 13.2 Å². The third-order valence-corrected chi connectivity index (χ3v) is 3.21. The minimum Gasteiger partial charge on any atom is -0.506 e. The van der Waals surface area contributed by atoms with Crippen LogP contribution in [0.1, 0.15) is 17.9 Å². The van der Waals surface area contributed by atoms with E-state index in [1.807, 2.05) is 0 Å². The average molecular weight is 285 g/mol. The molecule has 1 N–H and O–H groups in total. The fraction of sp³-hybridized carbons (Fsp3) is 0.300. The zero-order valence-electron chi connectivity index (χ0n) is 8.58. The van der Waals surface area contributed by atoms with Crippen molar-refractivity contribution in [2.75, 3.05) is 0 Å². The number of aromatic hydroxyl groups is 1. The minimum atomic E-state index is -4.51. The Kier molecular flexibility index (Phi) is 4.32. The number of hydrogen-bond donors (Lipinski definition) is 1. The lowest BCUT2D eigenvalue weighted by Gasteiger charge is -2.12. The van der Waals surface area contributed by atoms with Crippen LogP contribution in [-0.2, 0) is 4.79 Å². The Morgan fingerprint density at radius 2 is 2.06 bits per heavy atom. The molecule has 0 spiro atoms. The second kappa shape index (κ2) is 5.18. The van der Waals surface area contributed by atoms with E-state index in [9.17, 15) is 23.1 Å². The summed E-state index contributed by atoms with van der Waals surface area (Å²) in [6, 6.07) is 3.73. The van der Waals surface area contributed by atoms with E-state index in [-0.39, 0.29) is 10.5 Å². The van der Waals surface area contributed by atoms with Crippen molar-refractivity contribution in [1.29, 1.82) is 0 Å². The van der Waals surface area contributed by atoms with Crippen LogP contribution in [-0.4, -0.2) is 16.4 Å². The van der Waals surface area contributed by atoms with Gasteiger partial charge in [0.2, 0.25) is 0 Å². The molecule has 1 atom stereocenters. The molecular formula is C10H8ClF3O2S. The SMILES string of the molecule is CC(=O)C(Cl)c1cccc(SC(F)(F)F)c1O. The van der Waals surface area contributed by atoms with Crippen molar-refractivity contribution in [2.24, 2.45) is 0 Å². The van der Waals surface area contributed by atoms with Gasteiger partial charge in [-0.25, -0.2) is 0 Å². The molecule has 0 saturated carbocycles. The van der Waals surface area contributed by atoms with Gasteiger partial charge in [0.15, 0.2) is 5.78 Å². The first-order valence-corrected chi connectivity index (χ1v) is 5.70. The predicted molar refractivity (Wildman–Crippen MR) is 59.3 cm³/mol. The highest BCUT2D eigenvalue weighted by Gasteiger charge is 2.31. The first-order valence-electron chi connectivity index (χ1n) is 4.44. The monoisotopic (exact) mass is 284 g/mol. The molecule has 0 fully saturated rings. The molecule has 1 aromatic carbocycles. The van der Waals surface area contributed by atoms with Crippen molar-refractivity contribution in [2.45, 2.75) is 22.7 Å². The van der Waals surface area contributed by atoms with Gasteiger partial charge in [0.25, 0.3) is 0 Å². The molecule has 0 aliphatic rings. The van der Waals surface area contributed by atoms with Crippen molar-refractivity contribution in [3.8, 4) is 5.75 Å². The number of Topliss-reactive ketones (excluding diaryl/α,β-unsaturated/α-hetero) is 1. The van der Waals surface area contributed by atoms with Crippen molar-refractivity contribution < 1.29 is 23.1 Å². The lowest BCUT2D eigenvalue weighted by molar-refractivity contribution is -0.116. The molecule has 94 valence electrons. The third kappa shape index (κ3) is 3.81. The second-order valence-electron chi connectivity index (χ2n) is 3.21. The molecule has 2 nitrogen and oxygen atoms in total. The van der Waals surface area contributed by atoms with Crippen LogP contribution in [0.2, 0.25) is 0 Å². The van der Waals surface area contributed by atoms with Crippen LogP contribution in [0, 0.1) is 0 Å². The van der Waals surface area contributed by atoms with Crippen molar-refractivity contribution in [3.05, 3.63) is 23.8 Å². The molecule has 1 aromatic rings. The Balaban J connectivity index is 3.12. The lowest BCUT2D eigenvalue weighted by Crippen LogP contribution is -2.04. The van der Waals surface area contributed by atoms with Gasteiger partial charge in [0.1, 0.15) is 11.1 Å². The van der Waals surface area contributed by atoms with Gasteiger partial charge in [-0.1, -0.05) is 12.1 Å². The van der Waals surface area contributed by atoms with E-state index in [1.54, 1.807) is 0 Å². The largest absolute Gasteiger partial charge is 0.506 e. The summed E-state index contributed by atoms with van der Waals surface area (Å²) in [6.45, 7) is 1.20. The number of alkyl halides is 4. The Labute approximate surface area is 105 Å². The Hall–Kier alpha value is -0.880. The topological polar surface area (TPSA) is 37.3 Å². The zero-order chi connectivity index (χ0) is 13.2. The van der Waals surface area contributed by atoms with Crippen molar-refractivity contribution in [3.63, 3.8) is 0 Å². The number of carbonyl (C=O) groups excluding carboxylic acids is 1. The van der Waals surface area contributed by atoms with Gasteiger partial charge in [-0.05, 0) is 24.8 Å². The Bertz CT molecular complexity index is 434. The highest BCUT2D eigenvalue weighted by atomic mass is 35.5. The fourth-order valence-electron chi connectivity index (χ4n) is 1.17. The smallest absolute Gasteiger partial charge is 0.446 e. The number of phenolic OH excluding ortho intramolecular Hbond substituents is 1. The number of hydrogen-bond acceptors (Lipinski definition) is 3. The van der Waals surface area contributed by atoms with Gasteiger partial charge in [-0.15, -0.1) is 11.6 Å². The van der Waals surface area contributed by atoms with Crippen LogP contribution in [0.25, 0.3) is 0 Å². The van der Waals surface area contributed by atoms with E-state index in [2.05, 4.69) is 0 Å². The summed E-state index contributed by atoms with van der Waals surface area (Å²) in [4.78, 5) is 10.6. The van der Waals surface area contributed by atoms with Crippen LogP contribution >= 0.6 is 23.4 Å². The number of phenols is 1. The van der Waals surface area contributed by atoms with E-state index in [4.69, 9.17) is 11.6 Å². The van der Waals surface area contributed by atoms with Gasteiger partial charge < -0.3 is 5.11 Å². The number of benzene rings is 1. The molecule has 0 heterocycles. The van der Waals surface area contributed by atoms with Crippen molar-refractivity contribution in [1.82, 2.24) is 0 Å². The number of carbonyl (C=O) groups is 1. The third-order valence-electron chi connectivity index (χ3n) is 1.89. The maximum Gasteiger partial charge on any atom is 0.446 e. The normalized spacial score (nSPS) is 13.5. The summed E-state index contributed by atoms with van der Waals surface area (Å²) in [5.74, 6) is -1.05. The molecule has 1 unspecified atom stereocenters. The summed E-state index contributed by atoms with van der Waals surface area (Å²) in [6.07, 6.45) is 0. The van der Waals surface area contributed by atoms with E-state index in [0.717, 1.165) is 6.07 Å². The van der Waals surface area contributed by atoms with Gasteiger partial charge >= 0.3 is 5.51 Å². The maximum atomic E-state index is 12.2. The van der Waals surface area contributed by atoms with Gasteiger partial charge in [0, 0.05) is 5.56 Å². The summed E-state index contributed by atoms with van der Waals surface area (Å²) < 4.78 is 36.5. The molecule has 0 aliphatic carbocycles. The highest BCUT2D eigenvalue weighted by Crippen LogP contribution is 2.44. The van der Waals surface area contributed by atoms with Gasteiger partial charge in [-0.3, -0.25) is 4.79 Å². The molecule has 0 aromatic heterocycles. The molecule has 7 heteroatoms. The van der Waals surface area contributed by atoms with E-state index >= 15 is 0 Å². The quantitative estimate of drug-likeness (QED) is 0.676. The molecular weight excluding hydrogens is 277 g/mol.